The average molecular weight is 374 g/mol. The van der Waals surface area contributed by atoms with E-state index in [4.69, 9.17) is 4.74 Å². The first-order valence-corrected chi connectivity index (χ1v) is 9.33. The van der Waals surface area contributed by atoms with E-state index in [9.17, 15) is 9.59 Å². The number of carbonyl (C=O) groups is 1. The zero-order valence-electron chi connectivity index (χ0n) is 16.0. The van der Waals surface area contributed by atoms with E-state index < -0.39 is 0 Å². The van der Waals surface area contributed by atoms with Crippen molar-refractivity contribution in [2.75, 3.05) is 13.7 Å². The third-order valence-electron chi connectivity index (χ3n) is 5.32. The van der Waals surface area contributed by atoms with Crippen molar-refractivity contribution < 1.29 is 9.53 Å². The van der Waals surface area contributed by atoms with Crippen LogP contribution in [0.2, 0.25) is 0 Å². The largest absolute Gasteiger partial charge is 0.495 e. The number of para-hydroxylation sites is 2. The second kappa shape index (κ2) is 7.35. The molecule has 3 aromatic rings. The van der Waals surface area contributed by atoms with Gasteiger partial charge in [0.15, 0.2) is 0 Å². The number of methoxy groups -OCH3 is 1. The van der Waals surface area contributed by atoms with Crippen LogP contribution in [0, 0.1) is 6.92 Å². The molecule has 142 valence electrons. The van der Waals surface area contributed by atoms with E-state index in [1.165, 1.54) is 4.57 Å². The number of aryl methyl sites for hydroxylation is 1. The summed E-state index contributed by atoms with van der Waals surface area (Å²) in [6, 6.07) is 19.1. The lowest BCUT2D eigenvalue weighted by Gasteiger charge is -2.41. The molecule has 1 amide bonds. The predicted octanol–water partition coefficient (Wildman–Crippen LogP) is 3.74. The summed E-state index contributed by atoms with van der Waals surface area (Å²) >= 11 is 0. The summed E-state index contributed by atoms with van der Waals surface area (Å²) < 4.78 is 6.87. The van der Waals surface area contributed by atoms with Gasteiger partial charge in [0.2, 0.25) is 0 Å². The van der Waals surface area contributed by atoms with Crippen molar-refractivity contribution >= 4 is 5.91 Å². The molecule has 0 radical (unpaired) electrons. The molecule has 5 heteroatoms. The van der Waals surface area contributed by atoms with Gasteiger partial charge >= 0.3 is 0 Å². The molecule has 2 heterocycles. The number of likely N-dealkylation sites (tertiary alicyclic amines) is 1. The molecule has 1 fully saturated rings. The Hall–Kier alpha value is -3.34. The van der Waals surface area contributed by atoms with Crippen LogP contribution in [-0.2, 0) is 0 Å². The summed E-state index contributed by atoms with van der Waals surface area (Å²) in [6.45, 7) is 2.46. The van der Waals surface area contributed by atoms with Gasteiger partial charge in [0.05, 0.1) is 18.8 Å². The topological polar surface area (TPSA) is 51.5 Å². The van der Waals surface area contributed by atoms with Gasteiger partial charge in [-0.3, -0.25) is 14.2 Å². The monoisotopic (exact) mass is 374 g/mol. The van der Waals surface area contributed by atoms with Crippen LogP contribution in [0.4, 0.5) is 0 Å². The standard InChI is InChI=1S/C23H22N2O3/c1-16-12-14-25(19-10-6-7-11-20(19)28-2)23(27)21(16)22(26)24-15-13-18(24)17-8-4-3-5-9-17/h3-12,14,18H,13,15H2,1-2H3. The summed E-state index contributed by atoms with van der Waals surface area (Å²) in [5.41, 5.74) is 2.29. The zero-order valence-corrected chi connectivity index (χ0v) is 16.0. The molecule has 0 spiro atoms. The third-order valence-corrected chi connectivity index (χ3v) is 5.32. The maximum Gasteiger partial charge on any atom is 0.268 e. The number of amides is 1. The highest BCUT2D eigenvalue weighted by atomic mass is 16.5. The molecule has 4 rings (SSSR count). The van der Waals surface area contributed by atoms with E-state index in [0.29, 0.717) is 23.5 Å². The maximum atomic E-state index is 13.3. The summed E-state index contributed by atoms with van der Waals surface area (Å²) in [4.78, 5) is 28.3. The lowest BCUT2D eigenvalue weighted by molar-refractivity contribution is 0.0457. The highest BCUT2D eigenvalue weighted by Crippen LogP contribution is 2.34. The van der Waals surface area contributed by atoms with E-state index in [-0.39, 0.29) is 23.1 Å². The smallest absolute Gasteiger partial charge is 0.268 e. The quantitative estimate of drug-likeness (QED) is 0.699. The van der Waals surface area contributed by atoms with Crippen LogP contribution in [-0.4, -0.2) is 29.0 Å². The average Bonchev–Trinajstić information content (AvgIpc) is 2.68. The summed E-state index contributed by atoms with van der Waals surface area (Å²) in [6.07, 6.45) is 2.60. The van der Waals surface area contributed by atoms with Crippen molar-refractivity contribution in [1.82, 2.24) is 9.47 Å². The van der Waals surface area contributed by atoms with Crippen LogP contribution in [0.3, 0.4) is 0 Å². The number of carbonyl (C=O) groups excluding carboxylic acids is 1. The van der Waals surface area contributed by atoms with Gasteiger partial charge in [-0.2, -0.15) is 0 Å². The van der Waals surface area contributed by atoms with Crippen LogP contribution in [0.15, 0.2) is 71.7 Å². The molecule has 0 bridgehead atoms. The Labute approximate surface area is 163 Å². The Morgan fingerprint density at radius 1 is 1.04 bits per heavy atom. The number of ether oxygens (including phenoxy) is 1. The van der Waals surface area contributed by atoms with Gasteiger partial charge in [-0.15, -0.1) is 0 Å². The number of hydrogen-bond acceptors (Lipinski definition) is 3. The van der Waals surface area contributed by atoms with Gasteiger partial charge in [-0.05, 0) is 42.7 Å². The minimum Gasteiger partial charge on any atom is -0.495 e. The van der Waals surface area contributed by atoms with Gasteiger partial charge in [0.25, 0.3) is 11.5 Å². The minimum atomic E-state index is -0.326. The molecule has 1 saturated heterocycles. The fourth-order valence-electron chi connectivity index (χ4n) is 3.70. The van der Waals surface area contributed by atoms with Crippen molar-refractivity contribution in [1.29, 1.82) is 0 Å². The zero-order chi connectivity index (χ0) is 19.7. The van der Waals surface area contributed by atoms with Gasteiger partial charge in [0, 0.05) is 12.7 Å². The van der Waals surface area contributed by atoms with Gasteiger partial charge in [-0.1, -0.05) is 42.5 Å². The first-order chi connectivity index (χ1) is 13.6. The highest BCUT2D eigenvalue weighted by molar-refractivity contribution is 5.96. The Balaban J connectivity index is 1.74. The number of hydrogen-bond donors (Lipinski definition) is 0. The maximum absolute atomic E-state index is 13.3. The third kappa shape index (κ3) is 2.99. The van der Waals surface area contributed by atoms with E-state index in [2.05, 4.69) is 0 Å². The van der Waals surface area contributed by atoms with E-state index in [1.807, 2.05) is 42.5 Å². The number of aromatic nitrogens is 1. The molecule has 2 aromatic carbocycles. The van der Waals surface area contributed by atoms with Crippen molar-refractivity contribution in [3.05, 3.63) is 93.9 Å². The Morgan fingerprint density at radius 3 is 2.43 bits per heavy atom. The first-order valence-electron chi connectivity index (χ1n) is 9.33. The minimum absolute atomic E-state index is 0.0208. The predicted molar refractivity (Wildman–Crippen MR) is 108 cm³/mol. The summed E-state index contributed by atoms with van der Waals surface area (Å²) in [5.74, 6) is 0.366. The Kier molecular flexibility index (Phi) is 4.74. The fraction of sp³-hybridized carbons (Fsp3) is 0.217. The van der Waals surface area contributed by atoms with E-state index in [0.717, 1.165) is 12.0 Å². The molecule has 1 atom stereocenters. The second-order valence-corrected chi connectivity index (χ2v) is 6.93. The van der Waals surface area contributed by atoms with Gasteiger partial charge in [0.1, 0.15) is 11.3 Å². The molecule has 1 aliphatic rings. The molecular formula is C23H22N2O3. The number of benzene rings is 2. The molecule has 0 N–H and O–H groups in total. The van der Waals surface area contributed by atoms with Crippen LogP contribution >= 0.6 is 0 Å². The van der Waals surface area contributed by atoms with Crippen LogP contribution in [0.25, 0.3) is 5.69 Å². The molecule has 0 aliphatic carbocycles. The molecular weight excluding hydrogens is 352 g/mol. The van der Waals surface area contributed by atoms with E-state index in [1.54, 1.807) is 43.3 Å². The Morgan fingerprint density at radius 2 is 1.75 bits per heavy atom. The van der Waals surface area contributed by atoms with Crippen LogP contribution < -0.4 is 10.3 Å². The van der Waals surface area contributed by atoms with E-state index >= 15 is 0 Å². The number of nitrogens with zero attached hydrogens (tertiary/aromatic N) is 2. The normalized spacial score (nSPS) is 15.8. The fourth-order valence-corrected chi connectivity index (χ4v) is 3.70. The highest BCUT2D eigenvalue weighted by Gasteiger charge is 2.35. The van der Waals surface area contributed by atoms with Gasteiger partial charge in [-0.25, -0.2) is 0 Å². The van der Waals surface area contributed by atoms with Crippen molar-refractivity contribution in [2.45, 2.75) is 19.4 Å². The molecule has 1 aromatic heterocycles. The Bertz CT molecular complexity index is 1070. The lowest BCUT2D eigenvalue weighted by Crippen LogP contribution is -2.47. The molecule has 5 nitrogen and oxygen atoms in total. The summed E-state index contributed by atoms with van der Waals surface area (Å²) in [5, 5.41) is 0. The lowest BCUT2D eigenvalue weighted by atomic mass is 9.93. The van der Waals surface area contributed by atoms with Gasteiger partial charge < -0.3 is 9.64 Å². The van der Waals surface area contributed by atoms with Crippen molar-refractivity contribution in [3.63, 3.8) is 0 Å². The molecule has 1 aliphatic heterocycles. The number of pyridine rings is 1. The summed E-state index contributed by atoms with van der Waals surface area (Å²) in [7, 11) is 1.56. The van der Waals surface area contributed by atoms with Crippen molar-refractivity contribution in [2.24, 2.45) is 0 Å². The SMILES string of the molecule is COc1ccccc1-n1ccc(C)c(C(=O)N2CCC2c2ccccc2)c1=O. The van der Waals surface area contributed by atoms with Crippen LogP contribution in [0.5, 0.6) is 5.75 Å². The van der Waals surface area contributed by atoms with Crippen LogP contribution in [0.1, 0.15) is 33.9 Å². The first kappa shape index (κ1) is 18.0. The molecule has 1 unspecified atom stereocenters. The number of rotatable bonds is 4. The van der Waals surface area contributed by atoms with Crippen molar-refractivity contribution in [3.8, 4) is 11.4 Å². The second-order valence-electron chi connectivity index (χ2n) is 6.93. The molecule has 0 saturated carbocycles. The molecule has 28 heavy (non-hydrogen) atoms.